The maximum Gasteiger partial charge on any atom is 0.410 e. The van der Waals surface area contributed by atoms with Crippen LogP contribution >= 0.6 is 11.9 Å². The number of halogens is 3. The number of hydrogen-bond donors (Lipinski definition) is 1. The van der Waals surface area contributed by atoms with Crippen molar-refractivity contribution in [2.24, 2.45) is 0 Å². The highest BCUT2D eigenvalue weighted by Gasteiger charge is 2.31. The summed E-state index contributed by atoms with van der Waals surface area (Å²) >= 11 is 1.25. The van der Waals surface area contributed by atoms with Gasteiger partial charge in [-0.2, -0.15) is 0 Å². The zero-order valence-corrected chi connectivity index (χ0v) is 21.4. The van der Waals surface area contributed by atoms with Crippen molar-refractivity contribution in [3.8, 4) is 11.1 Å². The molecule has 5 nitrogen and oxygen atoms in total. The van der Waals surface area contributed by atoms with Crippen molar-refractivity contribution in [1.29, 1.82) is 0 Å². The second-order valence-corrected chi connectivity index (χ2v) is 9.09. The molecule has 0 saturated carbocycles. The van der Waals surface area contributed by atoms with Crippen LogP contribution in [0.15, 0.2) is 72.8 Å². The molecule has 1 aliphatic heterocycles. The van der Waals surface area contributed by atoms with Crippen LogP contribution in [0, 0.1) is 17.5 Å². The average Bonchev–Trinajstić information content (AvgIpc) is 2.88. The van der Waals surface area contributed by atoms with Crippen LogP contribution in [0.1, 0.15) is 37.8 Å². The Kier molecular flexibility index (Phi) is 10.4. The molecule has 0 radical (unpaired) electrons. The van der Waals surface area contributed by atoms with Gasteiger partial charge in [0.15, 0.2) is 0 Å². The van der Waals surface area contributed by atoms with E-state index >= 15 is 0 Å². The fraction of sp³-hybridized carbons (Fsp3) is 0.286. The molecule has 0 bridgehead atoms. The summed E-state index contributed by atoms with van der Waals surface area (Å²) in [6.07, 6.45) is 2.57. The minimum Gasteiger partial charge on any atom is -0.446 e. The van der Waals surface area contributed by atoms with Crippen LogP contribution in [0.4, 0.5) is 18.0 Å². The number of amides is 2. The molecule has 3 aromatic rings. The third-order valence-electron chi connectivity index (χ3n) is 5.94. The normalized spacial score (nSPS) is 15.8. The molecule has 196 valence electrons. The van der Waals surface area contributed by atoms with E-state index in [1.54, 1.807) is 41.5 Å². The predicted molar refractivity (Wildman–Crippen MR) is 139 cm³/mol. The van der Waals surface area contributed by atoms with Crippen molar-refractivity contribution in [3.63, 3.8) is 0 Å². The summed E-state index contributed by atoms with van der Waals surface area (Å²) in [5.74, 6) is -1.49. The van der Waals surface area contributed by atoms with Crippen LogP contribution in [-0.2, 0) is 9.53 Å². The summed E-state index contributed by atoms with van der Waals surface area (Å²) in [5, 5.41) is 0. The van der Waals surface area contributed by atoms with Crippen LogP contribution in [0.5, 0.6) is 0 Å². The molecule has 4 rings (SSSR count). The minimum atomic E-state index is -0.618. The molecule has 1 aliphatic rings. The number of nitrogens with zero attached hydrogens (tertiary/aromatic N) is 1. The number of hydrogen-bond acceptors (Lipinski definition) is 4. The van der Waals surface area contributed by atoms with E-state index in [0.29, 0.717) is 36.9 Å². The highest BCUT2D eigenvalue weighted by molar-refractivity contribution is 7.97. The van der Waals surface area contributed by atoms with Gasteiger partial charge >= 0.3 is 6.09 Å². The Morgan fingerprint density at radius 1 is 1.05 bits per heavy atom. The maximum atomic E-state index is 14.0. The van der Waals surface area contributed by atoms with Crippen molar-refractivity contribution in [3.05, 3.63) is 95.8 Å². The summed E-state index contributed by atoms with van der Waals surface area (Å²) in [4.78, 5) is 25.7. The molecule has 3 aromatic carbocycles. The van der Waals surface area contributed by atoms with Gasteiger partial charge in [0, 0.05) is 37.3 Å². The summed E-state index contributed by atoms with van der Waals surface area (Å²) in [7, 11) is 0. The van der Waals surface area contributed by atoms with E-state index in [1.807, 2.05) is 19.1 Å². The Balaban J connectivity index is 0.000000468. The largest absolute Gasteiger partial charge is 0.446 e. The second kappa shape index (κ2) is 13.7. The molecule has 9 heteroatoms. The third kappa shape index (κ3) is 8.28. The molecule has 0 aliphatic carbocycles. The Morgan fingerprint density at radius 3 is 2.32 bits per heavy atom. The van der Waals surface area contributed by atoms with E-state index in [1.165, 1.54) is 36.2 Å². The zero-order valence-electron chi connectivity index (χ0n) is 20.6. The standard InChI is InChI=1S/C22H24F2N2O3S.C6H5F/c1-14(26-12-11-18(29-22(26)28)8-10-21(27)25-30-2)15-3-5-16(6-4-15)19-9-7-17(23)13-20(19)24;7-6-4-2-1-3-5-6/h3-7,9,13-14,18H,8,10-12H2,1-2H3,(H,25,27);1-5H. The third-order valence-corrected chi connectivity index (χ3v) is 6.37. The second-order valence-electron chi connectivity index (χ2n) is 8.47. The van der Waals surface area contributed by atoms with E-state index in [2.05, 4.69) is 4.72 Å². The van der Waals surface area contributed by atoms with E-state index in [-0.39, 0.29) is 23.9 Å². The molecule has 37 heavy (non-hydrogen) atoms. The lowest BCUT2D eigenvalue weighted by Crippen LogP contribution is -2.43. The molecule has 2 unspecified atom stereocenters. The van der Waals surface area contributed by atoms with Gasteiger partial charge in [-0.3, -0.25) is 4.79 Å². The van der Waals surface area contributed by atoms with E-state index in [9.17, 15) is 22.8 Å². The van der Waals surface area contributed by atoms with Crippen molar-refractivity contribution < 1.29 is 27.5 Å². The van der Waals surface area contributed by atoms with Crippen LogP contribution < -0.4 is 4.72 Å². The molecule has 0 aromatic heterocycles. The lowest BCUT2D eigenvalue weighted by atomic mass is 9.99. The Morgan fingerprint density at radius 2 is 1.76 bits per heavy atom. The van der Waals surface area contributed by atoms with Crippen LogP contribution in [0.2, 0.25) is 0 Å². The molecule has 1 saturated heterocycles. The average molecular weight is 531 g/mol. The first-order chi connectivity index (χ1) is 17.8. The van der Waals surface area contributed by atoms with Crippen molar-refractivity contribution in [1.82, 2.24) is 9.62 Å². The lowest BCUT2D eigenvalue weighted by molar-refractivity contribution is -0.120. The summed E-state index contributed by atoms with van der Waals surface area (Å²) < 4.78 is 47.2. The fourth-order valence-corrected chi connectivity index (χ4v) is 4.24. The van der Waals surface area contributed by atoms with Gasteiger partial charge in [-0.25, -0.2) is 18.0 Å². The van der Waals surface area contributed by atoms with Crippen LogP contribution in [0.25, 0.3) is 11.1 Å². The number of cyclic esters (lactones) is 1. The molecular weight excluding hydrogens is 501 g/mol. The molecule has 0 spiro atoms. The van der Waals surface area contributed by atoms with Gasteiger partial charge in [0.2, 0.25) is 5.91 Å². The van der Waals surface area contributed by atoms with Gasteiger partial charge < -0.3 is 14.4 Å². The number of benzene rings is 3. The number of nitrogens with one attached hydrogen (secondary N) is 1. The van der Waals surface area contributed by atoms with Crippen LogP contribution in [-0.4, -0.2) is 35.8 Å². The maximum absolute atomic E-state index is 14.0. The number of carbonyl (C=O) groups excluding carboxylic acids is 2. The quantitative estimate of drug-likeness (QED) is 0.338. The van der Waals surface area contributed by atoms with Gasteiger partial charge in [0.05, 0.1) is 6.04 Å². The van der Waals surface area contributed by atoms with Gasteiger partial charge in [-0.15, -0.1) is 0 Å². The zero-order chi connectivity index (χ0) is 26.8. The molecule has 2 atom stereocenters. The first-order valence-corrected chi connectivity index (χ1v) is 13.1. The Labute approximate surface area is 219 Å². The summed E-state index contributed by atoms with van der Waals surface area (Å²) in [6, 6.07) is 18.4. The summed E-state index contributed by atoms with van der Waals surface area (Å²) in [5.41, 5.74) is 1.84. The first-order valence-electron chi connectivity index (χ1n) is 11.8. The van der Waals surface area contributed by atoms with Gasteiger partial charge in [-0.05, 0) is 48.7 Å². The van der Waals surface area contributed by atoms with Crippen molar-refractivity contribution >= 4 is 23.9 Å². The van der Waals surface area contributed by atoms with E-state index in [4.69, 9.17) is 4.74 Å². The van der Waals surface area contributed by atoms with E-state index in [0.717, 1.165) is 11.6 Å². The topological polar surface area (TPSA) is 58.6 Å². The van der Waals surface area contributed by atoms with Crippen LogP contribution in [0.3, 0.4) is 0 Å². The highest BCUT2D eigenvalue weighted by Crippen LogP contribution is 2.29. The Bertz CT molecular complexity index is 1180. The fourth-order valence-electron chi connectivity index (χ4n) is 3.91. The monoisotopic (exact) mass is 530 g/mol. The SMILES string of the molecule is CSNC(=O)CCC1CCN(C(C)c2ccc(-c3ccc(F)cc3F)cc2)C(=O)O1.Fc1ccccc1. The van der Waals surface area contributed by atoms with Crippen molar-refractivity contribution in [2.45, 2.75) is 38.3 Å². The number of carbonyl (C=O) groups is 2. The Hall–Kier alpha value is -3.46. The molecular formula is C28H29F3N2O3S. The minimum absolute atomic E-state index is 0.0768. The van der Waals surface area contributed by atoms with Gasteiger partial charge in [0.1, 0.15) is 23.6 Å². The lowest BCUT2D eigenvalue weighted by Gasteiger charge is -2.35. The predicted octanol–water partition coefficient (Wildman–Crippen LogP) is 6.90. The number of rotatable bonds is 7. The molecule has 2 amide bonds. The van der Waals surface area contributed by atoms with E-state index < -0.39 is 17.7 Å². The van der Waals surface area contributed by atoms with Gasteiger partial charge in [0.25, 0.3) is 0 Å². The molecule has 1 N–H and O–H groups in total. The molecule has 1 heterocycles. The van der Waals surface area contributed by atoms with Gasteiger partial charge in [-0.1, -0.05) is 54.4 Å². The number of ether oxygens (including phenoxy) is 1. The highest BCUT2D eigenvalue weighted by atomic mass is 32.2. The molecule has 1 fully saturated rings. The summed E-state index contributed by atoms with van der Waals surface area (Å²) in [6.45, 7) is 2.43. The first kappa shape index (κ1) is 28.1. The van der Waals surface area contributed by atoms with Crippen molar-refractivity contribution in [2.75, 3.05) is 12.8 Å². The smallest absolute Gasteiger partial charge is 0.410 e.